The lowest BCUT2D eigenvalue weighted by Gasteiger charge is -2.11. The summed E-state index contributed by atoms with van der Waals surface area (Å²) in [7, 11) is -4.02. The van der Waals surface area contributed by atoms with Crippen molar-refractivity contribution in [2.24, 2.45) is 0 Å². The van der Waals surface area contributed by atoms with Crippen molar-refractivity contribution in [1.29, 1.82) is 5.26 Å². The van der Waals surface area contributed by atoms with Crippen molar-refractivity contribution in [2.75, 3.05) is 6.54 Å². The zero-order chi connectivity index (χ0) is 13.8. The highest BCUT2D eigenvalue weighted by Crippen LogP contribution is 2.11. The van der Waals surface area contributed by atoms with Crippen molar-refractivity contribution in [3.05, 3.63) is 29.8 Å². The van der Waals surface area contributed by atoms with E-state index < -0.39 is 29.1 Å². The molecule has 0 aromatic heterocycles. The second kappa shape index (κ2) is 5.86. The lowest BCUT2D eigenvalue weighted by molar-refractivity contribution is -0.000451. The first-order chi connectivity index (χ1) is 8.36. The highest BCUT2D eigenvalue weighted by atomic mass is 32.2. The summed E-state index contributed by atoms with van der Waals surface area (Å²) in [4.78, 5) is -0.219. The number of halogens is 2. The summed E-state index contributed by atoms with van der Waals surface area (Å²) >= 11 is 0. The topological polar surface area (TPSA) is 90.2 Å². The average molecular weight is 276 g/mol. The Kier molecular flexibility index (Phi) is 4.72. The van der Waals surface area contributed by atoms with Gasteiger partial charge in [0.25, 0.3) is 6.43 Å². The van der Waals surface area contributed by atoms with Gasteiger partial charge >= 0.3 is 0 Å². The Morgan fingerprint density at radius 3 is 2.67 bits per heavy atom. The van der Waals surface area contributed by atoms with Gasteiger partial charge in [-0.25, -0.2) is 21.9 Å². The van der Waals surface area contributed by atoms with E-state index in [4.69, 9.17) is 10.4 Å². The number of aliphatic hydroxyl groups is 1. The lowest BCUT2D eigenvalue weighted by Crippen LogP contribution is -2.35. The van der Waals surface area contributed by atoms with Crippen LogP contribution in [0, 0.1) is 11.3 Å². The number of nitrogens with zero attached hydrogens (tertiary/aromatic N) is 1. The van der Waals surface area contributed by atoms with E-state index in [0.29, 0.717) is 0 Å². The molecule has 0 spiro atoms. The standard InChI is InChI=1S/C10H10F2N2O3S/c11-10(12)9(15)6-14-18(16,17)8-3-1-2-7(4-8)5-13/h1-4,9-10,14-15H,6H2. The van der Waals surface area contributed by atoms with Crippen LogP contribution in [-0.2, 0) is 10.0 Å². The fourth-order valence-corrected chi connectivity index (χ4v) is 2.20. The average Bonchev–Trinajstić information content (AvgIpc) is 2.36. The van der Waals surface area contributed by atoms with Crippen LogP contribution in [0.3, 0.4) is 0 Å². The van der Waals surface area contributed by atoms with E-state index in [1.807, 2.05) is 4.72 Å². The molecule has 0 radical (unpaired) electrons. The minimum atomic E-state index is -4.02. The fourth-order valence-electron chi connectivity index (χ4n) is 1.10. The molecule has 0 aliphatic heterocycles. The predicted octanol–water partition coefficient (Wildman–Crippen LogP) is 0.463. The summed E-state index contributed by atoms with van der Waals surface area (Å²) in [5.74, 6) is 0. The number of sulfonamides is 1. The van der Waals surface area contributed by atoms with Crippen molar-refractivity contribution in [3.8, 4) is 6.07 Å². The molecular formula is C10H10F2N2O3S. The first-order valence-electron chi connectivity index (χ1n) is 4.83. The molecule has 0 aliphatic carbocycles. The minimum absolute atomic E-state index is 0.132. The molecular weight excluding hydrogens is 266 g/mol. The normalized spacial score (nSPS) is 13.3. The van der Waals surface area contributed by atoms with Gasteiger partial charge in [0.15, 0.2) is 0 Å². The molecule has 1 aromatic rings. The number of aliphatic hydroxyl groups excluding tert-OH is 1. The lowest BCUT2D eigenvalue weighted by atomic mass is 10.2. The predicted molar refractivity (Wildman–Crippen MR) is 58.4 cm³/mol. The Morgan fingerprint density at radius 1 is 1.44 bits per heavy atom. The van der Waals surface area contributed by atoms with E-state index in [2.05, 4.69) is 0 Å². The molecule has 1 atom stereocenters. The van der Waals surface area contributed by atoms with Crippen LogP contribution in [0.5, 0.6) is 0 Å². The quantitative estimate of drug-likeness (QED) is 0.817. The first-order valence-corrected chi connectivity index (χ1v) is 6.31. The summed E-state index contributed by atoms with van der Waals surface area (Å²) in [6.45, 7) is -0.795. The minimum Gasteiger partial charge on any atom is -0.386 e. The molecule has 1 aromatic carbocycles. The van der Waals surface area contributed by atoms with Gasteiger partial charge in [0, 0.05) is 6.54 Å². The molecule has 0 amide bonds. The maximum atomic E-state index is 12.0. The van der Waals surface area contributed by atoms with Crippen LogP contribution in [0.2, 0.25) is 0 Å². The molecule has 1 rings (SSSR count). The second-order valence-electron chi connectivity index (χ2n) is 3.39. The third kappa shape index (κ3) is 3.73. The van der Waals surface area contributed by atoms with Crippen LogP contribution in [0.15, 0.2) is 29.2 Å². The van der Waals surface area contributed by atoms with Crippen molar-refractivity contribution in [3.63, 3.8) is 0 Å². The zero-order valence-electron chi connectivity index (χ0n) is 9.05. The van der Waals surface area contributed by atoms with E-state index in [1.165, 1.54) is 18.2 Å². The van der Waals surface area contributed by atoms with Crippen molar-refractivity contribution in [1.82, 2.24) is 4.72 Å². The second-order valence-corrected chi connectivity index (χ2v) is 5.16. The van der Waals surface area contributed by atoms with Gasteiger partial charge in [-0.3, -0.25) is 0 Å². The smallest absolute Gasteiger partial charge is 0.265 e. The Balaban J connectivity index is 2.84. The third-order valence-electron chi connectivity index (χ3n) is 2.05. The molecule has 0 heterocycles. The Labute approximate surface area is 103 Å². The Hall–Kier alpha value is -1.56. The van der Waals surface area contributed by atoms with Gasteiger partial charge in [0.05, 0.1) is 16.5 Å². The largest absolute Gasteiger partial charge is 0.386 e. The number of rotatable bonds is 5. The van der Waals surface area contributed by atoms with Gasteiger partial charge in [-0.2, -0.15) is 5.26 Å². The van der Waals surface area contributed by atoms with Crippen molar-refractivity contribution < 1.29 is 22.3 Å². The van der Waals surface area contributed by atoms with Gasteiger partial charge in [-0.15, -0.1) is 0 Å². The van der Waals surface area contributed by atoms with E-state index in [0.717, 1.165) is 6.07 Å². The van der Waals surface area contributed by atoms with E-state index in [9.17, 15) is 17.2 Å². The monoisotopic (exact) mass is 276 g/mol. The van der Waals surface area contributed by atoms with E-state index in [1.54, 1.807) is 6.07 Å². The molecule has 0 bridgehead atoms. The molecule has 0 fully saturated rings. The van der Waals surface area contributed by atoms with Gasteiger partial charge in [0.2, 0.25) is 10.0 Å². The molecule has 5 nitrogen and oxygen atoms in total. The van der Waals surface area contributed by atoms with Gasteiger partial charge in [0.1, 0.15) is 6.10 Å². The number of nitrogens with one attached hydrogen (secondary N) is 1. The molecule has 8 heteroatoms. The number of hydrogen-bond donors (Lipinski definition) is 2. The van der Waals surface area contributed by atoms with Gasteiger partial charge < -0.3 is 5.11 Å². The molecule has 98 valence electrons. The maximum Gasteiger partial charge on any atom is 0.265 e. The number of alkyl halides is 2. The molecule has 0 aliphatic rings. The Morgan fingerprint density at radius 2 is 2.11 bits per heavy atom. The highest BCUT2D eigenvalue weighted by Gasteiger charge is 2.21. The van der Waals surface area contributed by atoms with Crippen molar-refractivity contribution >= 4 is 10.0 Å². The van der Waals surface area contributed by atoms with Crippen LogP contribution in [0.25, 0.3) is 0 Å². The van der Waals surface area contributed by atoms with Crippen LogP contribution in [0.1, 0.15) is 5.56 Å². The number of nitriles is 1. The third-order valence-corrected chi connectivity index (χ3v) is 3.47. The highest BCUT2D eigenvalue weighted by molar-refractivity contribution is 7.89. The van der Waals surface area contributed by atoms with Crippen LogP contribution >= 0.6 is 0 Å². The summed E-state index contributed by atoms with van der Waals surface area (Å²) < 4.78 is 49.1. The molecule has 1 unspecified atom stereocenters. The molecule has 0 saturated carbocycles. The van der Waals surface area contributed by atoms with Crippen LogP contribution in [0.4, 0.5) is 8.78 Å². The number of benzene rings is 1. The summed E-state index contributed by atoms with van der Waals surface area (Å²) in [5.41, 5.74) is 0.132. The molecule has 2 N–H and O–H groups in total. The summed E-state index contributed by atoms with van der Waals surface area (Å²) in [5, 5.41) is 17.4. The zero-order valence-corrected chi connectivity index (χ0v) is 9.86. The fraction of sp³-hybridized carbons (Fsp3) is 0.300. The Bertz CT molecular complexity index is 554. The first kappa shape index (κ1) is 14.5. The number of hydrogen-bond acceptors (Lipinski definition) is 4. The SMILES string of the molecule is N#Cc1cccc(S(=O)(=O)NCC(O)C(F)F)c1. The van der Waals surface area contributed by atoms with E-state index in [-0.39, 0.29) is 10.5 Å². The van der Waals surface area contributed by atoms with Crippen molar-refractivity contribution in [2.45, 2.75) is 17.4 Å². The maximum absolute atomic E-state index is 12.0. The molecule has 0 saturated heterocycles. The van der Waals surface area contributed by atoms with Crippen LogP contribution < -0.4 is 4.72 Å². The van der Waals surface area contributed by atoms with Crippen LogP contribution in [-0.4, -0.2) is 32.6 Å². The van der Waals surface area contributed by atoms with E-state index >= 15 is 0 Å². The molecule has 18 heavy (non-hydrogen) atoms. The summed E-state index contributed by atoms with van der Waals surface area (Å²) in [6.07, 6.45) is -5.10. The van der Waals surface area contributed by atoms with Gasteiger partial charge in [-0.05, 0) is 18.2 Å². The van der Waals surface area contributed by atoms with Gasteiger partial charge in [-0.1, -0.05) is 6.07 Å². The summed E-state index contributed by atoms with van der Waals surface area (Å²) in [6, 6.07) is 6.86.